The summed E-state index contributed by atoms with van der Waals surface area (Å²) in [6.07, 6.45) is 0.258. The van der Waals surface area contributed by atoms with Crippen LogP contribution in [0.15, 0.2) is 24.0 Å². The first-order chi connectivity index (χ1) is 15.8. The molecular formula is C22H21BrClF3N2O4. The Morgan fingerprint density at radius 1 is 1.39 bits per heavy atom. The molecule has 1 fully saturated rings. The Labute approximate surface area is 201 Å². The Bertz CT molecular complexity index is 1090. The van der Waals surface area contributed by atoms with Gasteiger partial charge in [0.2, 0.25) is 0 Å². The van der Waals surface area contributed by atoms with Gasteiger partial charge in [-0.15, -0.1) is 0 Å². The number of ether oxygens (including phenoxy) is 3. The number of benzene rings is 1. The molecule has 0 spiro atoms. The van der Waals surface area contributed by atoms with E-state index in [0.717, 1.165) is 0 Å². The standard InChI is InChI=1S/C22H21BrClF3N2O4/c1-3-29-14(8-11(25)9-23)28-17-18(29)15(16(19-20(17)33-19)21(30)31-4-2)12-7-10(24)5-6-13(12)32-22(26)27/h5-8,15-16,19-20,22H,3-4,9H2,1-2H3. The fourth-order valence-corrected chi connectivity index (χ4v) is 4.79. The second kappa shape index (κ2) is 9.68. The fourth-order valence-electron chi connectivity index (χ4n) is 4.45. The summed E-state index contributed by atoms with van der Waals surface area (Å²) in [7, 11) is 0. The van der Waals surface area contributed by atoms with Gasteiger partial charge in [-0.2, -0.15) is 8.78 Å². The minimum atomic E-state index is -3.08. The van der Waals surface area contributed by atoms with Crippen LogP contribution in [0.4, 0.5) is 13.2 Å². The van der Waals surface area contributed by atoms with E-state index in [1.54, 1.807) is 11.5 Å². The van der Waals surface area contributed by atoms with Crippen molar-refractivity contribution in [1.82, 2.24) is 9.55 Å². The molecule has 1 saturated heterocycles. The number of carbonyl (C=O) groups excluding carboxylic acids is 1. The average Bonchev–Trinajstić information content (AvgIpc) is 3.48. The molecule has 11 heteroatoms. The lowest BCUT2D eigenvalue weighted by atomic mass is 9.75. The number of alkyl halides is 3. The van der Waals surface area contributed by atoms with Gasteiger partial charge < -0.3 is 18.8 Å². The summed E-state index contributed by atoms with van der Waals surface area (Å²) in [6.45, 7) is 0.968. The van der Waals surface area contributed by atoms with E-state index >= 15 is 0 Å². The lowest BCUT2D eigenvalue weighted by molar-refractivity contribution is -0.149. The van der Waals surface area contributed by atoms with E-state index in [2.05, 4.69) is 20.9 Å². The van der Waals surface area contributed by atoms with Gasteiger partial charge in [0.25, 0.3) is 0 Å². The Hall–Kier alpha value is -2.04. The summed E-state index contributed by atoms with van der Waals surface area (Å²) in [5.74, 6) is -2.41. The number of aromatic nitrogens is 2. The molecule has 0 amide bonds. The average molecular weight is 550 g/mol. The van der Waals surface area contributed by atoms with Gasteiger partial charge >= 0.3 is 12.6 Å². The number of epoxide rings is 1. The highest BCUT2D eigenvalue weighted by molar-refractivity contribution is 9.09. The van der Waals surface area contributed by atoms with Gasteiger partial charge in [-0.1, -0.05) is 27.5 Å². The highest BCUT2D eigenvalue weighted by Crippen LogP contribution is 2.58. The first-order valence-corrected chi connectivity index (χ1v) is 11.9. The lowest BCUT2D eigenvalue weighted by Crippen LogP contribution is -2.35. The van der Waals surface area contributed by atoms with Crippen LogP contribution in [-0.2, 0) is 20.8 Å². The molecule has 4 rings (SSSR count). The van der Waals surface area contributed by atoms with Gasteiger partial charge in [-0.25, -0.2) is 9.37 Å². The zero-order valence-corrected chi connectivity index (χ0v) is 20.1. The largest absolute Gasteiger partial charge is 0.466 e. The molecule has 2 heterocycles. The summed E-state index contributed by atoms with van der Waals surface area (Å²) in [6, 6.07) is 4.26. The number of imidazole rings is 1. The number of allylic oxidation sites excluding steroid dienone is 1. The highest BCUT2D eigenvalue weighted by Gasteiger charge is 2.60. The molecular weight excluding hydrogens is 529 g/mol. The second-order valence-corrected chi connectivity index (χ2v) is 8.54. The minimum absolute atomic E-state index is 0.00629. The van der Waals surface area contributed by atoms with E-state index in [4.69, 9.17) is 25.8 Å². The number of hydrogen-bond acceptors (Lipinski definition) is 5. The maximum Gasteiger partial charge on any atom is 0.387 e. The van der Waals surface area contributed by atoms with Crippen molar-refractivity contribution in [3.8, 4) is 5.75 Å². The predicted molar refractivity (Wildman–Crippen MR) is 118 cm³/mol. The molecule has 0 N–H and O–H groups in total. The summed E-state index contributed by atoms with van der Waals surface area (Å²) in [4.78, 5) is 17.6. The zero-order chi connectivity index (χ0) is 23.9. The smallest absolute Gasteiger partial charge is 0.387 e. The number of nitrogens with zero attached hydrogens (tertiary/aromatic N) is 2. The molecule has 1 aliphatic heterocycles. The van der Waals surface area contributed by atoms with Crippen molar-refractivity contribution >= 4 is 39.6 Å². The van der Waals surface area contributed by atoms with Crippen LogP contribution < -0.4 is 4.74 Å². The maximum absolute atomic E-state index is 14.1. The van der Waals surface area contributed by atoms with Crippen molar-refractivity contribution in [3.63, 3.8) is 0 Å². The van der Waals surface area contributed by atoms with Crippen LogP contribution in [0.1, 0.15) is 48.6 Å². The third-order valence-corrected chi connectivity index (χ3v) is 6.45. The Morgan fingerprint density at radius 2 is 2.15 bits per heavy atom. The second-order valence-electron chi connectivity index (χ2n) is 7.55. The van der Waals surface area contributed by atoms with Crippen LogP contribution in [0.5, 0.6) is 5.75 Å². The van der Waals surface area contributed by atoms with E-state index in [-0.39, 0.29) is 28.3 Å². The van der Waals surface area contributed by atoms with Crippen molar-refractivity contribution in [2.24, 2.45) is 5.92 Å². The Kier molecular flexibility index (Phi) is 7.07. The SMILES string of the molecule is CCOC(=O)C1C(c2cc(Cl)ccc2OC(F)F)c2c(nc(C=C(F)CBr)n2CC)C2OC21. The minimum Gasteiger partial charge on any atom is -0.466 e. The van der Waals surface area contributed by atoms with Crippen molar-refractivity contribution in [2.75, 3.05) is 11.9 Å². The molecule has 33 heavy (non-hydrogen) atoms. The summed E-state index contributed by atoms with van der Waals surface area (Å²) >= 11 is 9.30. The van der Waals surface area contributed by atoms with Gasteiger partial charge in [-0.05, 0) is 32.0 Å². The molecule has 2 aromatic rings. The lowest BCUT2D eigenvalue weighted by Gasteiger charge is -2.30. The Morgan fingerprint density at radius 3 is 2.79 bits per heavy atom. The molecule has 6 nitrogen and oxygen atoms in total. The van der Waals surface area contributed by atoms with Gasteiger partial charge in [0, 0.05) is 29.1 Å². The fraction of sp³-hybridized carbons (Fsp3) is 0.455. The topological polar surface area (TPSA) is 65.9 Å². The molecule has 4 unspecified atom stereocenters. The number of hydrogen-bond donors (Lipinski definition) is 0. The van der Waals surface area contributed by atoms with Gasteiger partial charge in [-0.3, -0.25) is 4.79 Å². The van der Waals surface area contributed by atoms with Gasteiger partial charge in [0.05, 0.1) is 29.2 Å². The van der Waals surface area contributed by atoms with Gasteiger partial charge in [0.15, 0.2) is 0 Å². The molecule has 0 bridgehead atoms. The van der Waals surface area contributed by atoms with Crippen molar-refractivity contribution < 1.29 is 32.2 Å². The first-order valence-electron chi connectivity index (χ1n) is 10.4. The normalized spacial score (nSPS) is 23.8. The molecule has 1 aromatic heterocycles. The van der Waals surface area contributed by atoms with E-state index in [1.165, 1.54) is 24.3 Å². The molecule has 0 radical (unpaired) electrons. The quantitative estimate of drug-likeness (QED) is 0.243. The van der Waals surface area contributed by atoms with Crippen molar-refractivity contribution in [1.29, 1.82) is 0 Å². The predicted octanol–water partition coefficient (Wildman–Crippen LogP) is 5.63. The number of rotatable bonds is 8. The van der Waals surface area contributed by atoms with E-state index < -0.39 is 42.5 Å². The van der Waals surface area contributed by atoms with E-state index in [0.29, 0.717) is 23.8 Å². The van der Waals surface area contributed by atoms with E-state index in [1.807, 2.05) is 6.92 Å². The monoisotopic (exact) mass is 548 g/mol. The molecule has 1 aliphatic carbocycles. The maximum atomic E-state index is 14.1. The van der Waals surface area contributed by atoms with Crippen LogP contribution >= 0.6 is 27.5 Å². The first kappa shape index (κ1) is 24.1. The third-order valence-electron chi connectivity index (χ3n) is 5.68. The molecule has 0 saturated carbocycles. The van der Waals surface area contributed by atoms with E-state index in [9.17, 15) is 18.0 Å². The summed E-state index contributed by atoms with van der Waals surface area (Å²) in [5, 5.41) is 0.287. The van der Waals surface area contributed by atoms with Crippen LogP contribution in [0.25, 0.3) is 6.08 Å². The number of carbonyl (C=O) groups is 1. The number of fused-ring (bicyclic) bond motifs is 3. The highest BCUT2D eigenvalue weighted by atomic mass is 79.9. The van der Waals surface area contributed by atoms with Crippen LogP contribution in [0.3, 0.4) is 0 Å². The number of esters is 1. The molecule has 1 aromatic carbocycles. The van der Waals surface area contributed by atoms with Crippen LogP contribution in [0, 0.1) is 5.92 Å². The third kappa shape index (κ3) is 4.52. The summed E-state index contributed by atoms with van der Waals surface area (Å²) in [5.41, 5.74) is 1.37. The van der Waals surface area contributed by atoms with Crippen molar-refractivity contribution in [2.45, 2.75) is 45.1 Å². The van der Waals surface area contributed by atoms with Crippen LogP contribution in [-0.4, -0.2) is 40.2 Å². The van der Waals surface area contributed by atoms with Crippen molar-refractivity contribution in [3.05, 3.63) is 51.8 Å². The number of halogens is 5. The molecule has 4 atom stereocenters. The summed E-state index contributed by atoms with van der Waals surface area (Å²) < 4.78 is 58.2. The molecule has 2 aliphatic rings. The van der Waals surface area contributed by atoms with Gasteiger partial charge in [0.1, 0.15) is 29.6 Å². The molecule has 178 valence electrons. The zero-order valence-electron chi connectivity index (χ0n) is 17.7. The Balaban J connectivity index is 1.96. The van der Waals surface area contributed by atoms with Crippen LogP contribution in [0.2, 0.25) is 5.02 Å².